The number of amides is 1. The lowest BCUT2D eigenvalue weighted by atomic mass is 10.1. The summed E-state index contributed by atoms with van der Waals surface area (Å²) in [4.78, 5) is 27.0. The van der Waals surface area contributed by atoms with E-state index in [-0.39, 0.29) is 18.0 Å². The highest BCUT2D eigenvalue weighted by Gasteiger charge is 2.22. The first-order valence-electron chi connectivity index (χ1n) is 9.77. The summed E-state index contributed by atoms with van der Waals surface area (Å²) >= 11 is 0. The van der Waals surface area contributed by atoms with Gasteiger partial charge in [0.2, 0.25) is 17.7 Å². The predicted molar refractivity (Wildman–Crippen MR) is 109 cm³/mol. The summed E-state index contributed by atoms with van der Waals surface area (Å²) in [6, 6.07) is 11.6. The number of carbonyl (C=O) groups is 1. The van der Waals surface area contributed by atoms with Crippen molar-refractivity contribution < 1.29 is 14.3 Å². The van der Waals surface area contributed by atoms with Gasteiger partial charge in [-0.25, -0.2) is 9.97 Å². The second-order valence-corrected chi connectivity index (χ2v) is 7.25. The zero-order valence-corrected chi connectivity index (χ0v) is 15.9. The Morgan fingerprint density at radius 1 is 1.10 bits per heavy atom. The van der Waals surface area contributed by atoms with Crippen molar-refractivity contribution in [3.05, 3.63) is 36.4 Å². The molecule has 2 N–H and O–H groups in total. The maximum Gasteiger partial charge on any atom is 0.245 e. The first-order valence-corrected chi connectivity index (χ1v) is 9.77. The van der Waals surface area contributed by atoms with Crippen LogP contribution in [0.25, 0.3) is 22.3 Å². The van der Waals surface area contributed by atoms with Gasteiger partial charge in [-0.2, -0.15) is 4.98 Å². The normalized spacial score (nSPS) is 19.2. The molecule has 0 spiro atoms. The minimum Gasteiger partial charge on any atom is -0.470 e. The first kappa shape index (κ1) is 17.8. The zero-order valence-electron chi connectivity index (χ0n) is 15.9. The van der Waals surface area contributed by atoms with Crippen molar-refractivity contribution in [2.24, 2.45) is 0 Å². The third-order valence-corrected chi connectivity index (χ3v) is 5.24. The lowest BCUT2D eigenvalue weighted by molar-refractivity contribution is -0.117. The molecule has 4 heterocycles. The molecule has 8 nitrogen and oxygen atoms in total. The molecule has 2 saturated heterocycles. The van der Waals surface area contributed by atoms with E-state index in [2.05, 4.69) is 9.97 Å². The van der Waals surface area contributed by atoms with Crippen LogP contribution in [0.4, 0.5) is 11.6 Å². The molecule has 1 aromatic carbocycles. The minimum atomic E-state index is -0.0600. The van der Waals surface area contributed by atoms with E-state index in [0.29, 0.717) is 36.5 Å². The Morgan fingerprint density at radius 2 is 1.97 bits per heavy atom. The van der Waals surface area contributed by atoms with Crippen LogP contribution < -0.4 is 15.4 Å². The van der Waals surface area contributed by atoms with E-state index in [1.807, 2.05) is 41.3 Å². The van der Waals surface area contributed by atoms with E-state index in [1.54, 1.807) is 0 Å². The summed E-state index contributed by atoms with van der Waals surface area (Å²) in [5.41, 5.74) is 9.68. The van der Waals surface area contributed by atoms with Gasteiger partial charge in [-0.3, -0.25) is 4.79 Å². The minimum absolute atomic E-state index is 0.0600. The Hall–Kier alpha value is -3.26. The molecular formula is C21H21N5O3. The van der Waals surface area contributed by atoms with E-state index in [0.717, 1.165) is 36.3 Å². The molecule has 2 aliphatic rings. The van der Waals surface area contributed by atoms with Gasteiger partial charge in [0.1, 0.15) is 6.10 Å². The molecule has 1 atom stereocenters. The molecule has 3 aromatic rings. The van der Waals surface area contributed by atoms with Gasteiger partial charge in [0, 0.05) is 30.6 Å². The molecule has 0 bridgehead atoms. The van der Waals surface area contributed by atoms with Gasteiger partial charge in [-0.15, -0.1) is 0 Å². The molecule has 29 heavy (non-hydrogen) atoms. The Kier molecular flexibility index (Phi) is 4.48. The van der Waals surface area contributed by atoms with Crippen molar-refractivity contribution in [3.8, 4) is 17.1 Å². The number of ether oxygens (including phenoxy) is 2. The molecule has 1 amide bonds. The summed E-state index contributed by atoms with van der Waals surface area (Å²) in [5, 5.41) is 0. The predicted octanol–water partition coefficient (Wildman–Crippen LogP) is 2.57. The molecule has 0 aliphatic carbocycles. The van der Waals surface area contributed by atoms with Gasteiger partial charge in [-0.1, -0.05) is 12.1 Å². The molecule has 0 saturated carbocycles. The monoisotopic (exact) mass is 391 g/mol. The van der Waals surface area contributed by atoms with E-state index in [9.17, 15) is 4.79 Å². The smallest absolute Gasteiger partial charge is 0.245 e. The van der Waals surface area contributed by atoms with Crippen LogP contribution in [0, 0.1) is 0 Å². The average Bonchev–Trinajstić information content (AvgIpc) is 3.39. The van der Waals surface area contributed by atoms with Crippen LogP contribution in [0.2, 0.25) is 0 Å². The summed E-state index contributed by atoms with van der Waals surface area (Å²) in [7, 11) is 0. The standard InChI is InChI=1S/C21H21N5O3/c22-21-24-17-8-7-16(23-19(17)20(25-21)29-15-9-11-28-12-15)13-3-5-14(6-4-13)26-10-1-2-18(26)27/h3-8,15H,1-2,9-12H2,(H2,22,24,25)/t15-/m1/s1. The number of fused-ring (bicyclic) bond motifs is 1. The van der Waals surface area contributed by atoms with Crippen LogP contribution in [0.1, 0.15) is 19.3 Å². The fraction of sp³-hybridized carbons (Fsp3) is 0.333. The first-order chi connectivity index (χ1) is 14.2. The van der Waals surface area contributed by atoms with Crippen molar-refractivity contribution in [1.29, 1.82) is 0 Å². The van der Waals surface area contributed by atoms with Crippen molar-refractivity contribution in [3.63, 3.8) is 0 Å². The highest BCUT2D eigenvalue weighted by atomic mass is 16.5. The molecule has 148 valence electrons. The van der Waals surface area contributed by atoms with Gasteiger partial charge in [0.25, 0.3) is 0 Å². The Balaban J connectivity index is 1.48. The van der Waals surface area contributed by atoms with Crippen LogP contribution in [0.15, 0.2) is 36.4 Å². The summed E-state index contributed by atoms with van der Waals surface area (Å²) in [6.45, 7) is 1.98. The Labute approximate surface area is 167 Å². The van der Waals surface area contributed by atoms with Gasteiger partial charge in [-0.05, 0) is 30.7 Å². The number of rotatable bonds is 4. The molecule has 5 rings (SSSR count). The maximum atomic E-state index is 11.9. The van der Waals surface area contributed by atoms with Crippen molar-refractivity contribution in [2.75, 3.05) is 30.4 Å². The quantitative estimate of drug-likeness (QED) is 0.729. The van der Waals surface area contributed by atoms with E-state index in [1.165, 1.54) is 0 Å². The second kappa shape index (κ2) is 7.29. The SMILES string of the molecule is Nc1nc(O[C@@H]2CCOC2)c2nc(-c3ccc(N4CCCC4=O)cc3)ccc2n1. The highest BCUT2D eigenvalue weighted by molar-refractivity contribution is 5.95. The summed E-state index contributed by atoms with van der Waals surface area (Å²) in [5.74, 6) is 0.707. The van der Waals surface area contributed by atoms with Crippen LogP contribution >= 0.6 is 0 Å². The number of anilines is 2. The molecular weight excluding hydrogens is 370 g/mol. The lowest BCUT2D eigenvalue weighted by Crippen LogP contribution is -2.23. The number of nitrogens with two attached hydrogens (primary N) is 1. The summed E-state index contributed by atoms with van der Waals surface area (Å²) < 4.78 is 11.4. The Morgan fingerprint density at radius 3 is 2.69 bits per heavy atom. The van der Waals surface area contributed by atoms with E-state index in [4.69, 9.17) is 20.2 Å². The fourth-order valence-corrected chi connectivity index (χ4v) is 3.74. The van der Waals surface area contributed by atoms with Crippen molar-refractivity contribution in [1.82, 2.24) is 15.0 Å². The number of nitrogen functional groups attached to an aromatic ring is 1. The number of benzene rings is 1. The molecule has 0 unspecified atom stereocenters. The van der Waals surface area contributed by atoms with E-state index >= 15 is 0 Å². The molecule has 8 heteroatoms. The number of nitrogens with zero attached hydrogens (tertiary/aromatic N) is 4. The fourth-order valence-electron chi connectivity index (χ4n) is 3.74. The average molecular weight is 391 g/mol. The van der Waals surface area contributed by atoms with Crippen LogP contribution in [-0.4, -0.2) is 46.7 Å². The van der Waals surface area contributed by atoms with Crippen molar-refractivity contribution >= 4 is 28.6 Å². The van der Waals surface area contributed by atoms with Gasteiger partial charge in [0.05, 0.1) is 24.4 Å². The van der Waals surface area contributed by atoms with Crippen LogP contribution in [-0.2, 0) is 9.53 Å². The topological polar surface area (TPSA) is 103 Å². The molecule has 2 aliphatic heterocycles. The van der Waals surface area contributed by atoms with Crippen LogP contribution in [0.3, 0.4) is 0 Å². The zero-order chi connectivity index (χ0) is 19.8. The second-order valence-electron chi connectivity index (χ2n) is 7.25. The highest BCUT2D eigenvalue weighted by Crippen LogP contribution is 2.29. The summed E-state index contributed by atoms with van der Waals surface area (Å²) in [6.07, 6.45) is 2.27. The maximum absolute atomic E-state index is 11.9. The number of carbonyl (C=O) groups excluding carboxylic acids is 1. The van der Waals surface area contributed by atoms with Crippen molar-refractivity contribution in [2.45, 2.75) is 25.4 Å². The van der Waals surface area contributed by atoms with E-state index < -0.39 is 0 Å². The van der Waals surface area contributed by atoms with Crippen LogP contribution in [0.5, 0.6) is 5.88 Å². The third-order valence-electron chi connectivity index (χ3n) is 5.24. The van der Waals surface area contributed by atoms with Gasteiger partial charge >= 0.3 is 0 Å². The number of hydrogen-bond acceptors (Lipinski definition) is 7. The number of aromatic nitrogens is 3. The largest absolute Gasteiger partial charge is 0.470 e. The number of hydrogen-bond donors (Lipinski definition) is 1. The number of pyridine rings is 1. The third kappa shape index (κ3) is 3.47. The molecule has 2 aromatic heterocycles. The lowest BCUT2D eigenvalue weighted by Gasteiger charge is -2.16. The van der Waals surface area contributed by atoms with Gasteiger partial charge in [0.15, 0.2) is 5.52 Å². The molecule has 0 radical (unpaired) electrons. The molecule has 2 fully saturated rings. The van der Waals surface area contributed by atoms with Gasteiger partial charge < -0.3 is 20.1 Å². The Bertz CT molecular complexity index is 1060.